The number of nitro groups is 1. The van der Waals surface area contributed by atoms with Crippen LogP contribution in [0.25, 0.3) is 33.3 Å². The Balaban J connectivity index is 1.82. The van der Waals surface area contributed by atoms with Crippen molar-refractivity contribution in [3.8, 4) is 22.3 Å². The number of nitrogens with one attached hydrogen (secondary N) is 1. The number of non-ortho nitro benzene ring substituents is 1. The Kier molecular flexibility index (Phi) is 4.33. The number of nitrogens with zero attached hydrogens (tertiary/aromatic N) is 2. The normalized spacial score (nSPS) is 10.8. The molecule has 0 aliphatic carbocycles. The van der Waals surface area contributed by atoms with Crippen LogP contribution in [0.15, 0.2) is 67.0 Å². The molecular formula is C21H15N3O4. The fourth-order valence-corrected chi connectivity index (χ4v) is 3.13. The topological polar surface area (TPSA) is 98.1 Å². The molecule has 4 aromatic rings. The van der Waals surface area contributed by atoms with E-state index in [0.29, 0.717) is 11.2 Å². The number of H-pyrrole nitrogens is 1. The molecule has 0 saturated carbocycles. The number of methoxy groups -OCH3 is 1. The fourth-order valence-electron chi connectivity index (χ4n) is 3.13. The summed E-state index contributed by atoms with van der Waals surface area (Å²) in [5, 5.41) is 11.9. The molecule has 7 heteroatoms. The van der Waals surface area contributed by atoms with E-state index < -0.39 is 10.9 Å². The van der Waals surface area contributed by atoms with Crippen molar-refractivity contribution in [2.24, 2.45) is 0 Å². The molecule has 0 aliphatic heterocycles. The summed E-state index contributed by atoms with van der Waals surface area (Å²) in [5.74, 6) is -0.408. The van der Waals surface area contributed by atoms with Gasteiger partial charge in [-0.25, -0.2) is 9.78 Å². The van der Waals surface area contributed by atoms with E-state index in [1.54, 1.807) is 36.7 Å². The number of fused-ring (bicyclic) bond motifs is 1. The number of esters is 1. The Hall–Kier alpha value is -4.00. The molecule has 0 atom stereocenters. The minimum atomic E-state index is -0.416. The highest BCUT2D eigenvalue weighted by Gasteiger charge is 2.13. The van der Waals surface area contributed by atoms with E-state index >= 15 is 0 Å². The number of aromatic amines is 1. The van der Waals surface area contributed by atoms with Gasteiger partial charge in [-0.2, -0.15) is 0 Å². The molecule has 2 heterocycles. The van der Waals surface area contributed by atoms with Crippen LogP contribution in [-0.4, -0.2) is 28.0 Å². The molecule has 28 heavy (non-hydrogen) atoms. The minimum absolute atomic E-state index is 0.0294. The molecule has 2 aromatic heterocycles. The van der Waals surface area contributed by atoms with Gasteiger partial charge in [-0.05, 0) is 29.3 Å². The first-order valence-electron chi connectivity index (χ1n) is 8.47. The fraction of sp³-hybridized carbons (Fsp3) is 0.0476. The summed E-state index contributed by atoms with van der Waals surface area (Å²) in [7, 11) is 1.34. The van der Waals surface area contributed by atoms with E-state index in [1.165, 1.54) is 19.2 Å². The predicted molar refractivity (Wildman–Crippen MR) is 105 cm³/mol. The molecular weight excluding hydrogens is 358 g/mol. The molecule has 0 spiro atoms. The predicted octanol–water partition coefficient (Wildman–Crippen LogP) is 4.59. The molecule has 2 aromatic carbocycles. The first-order valence-corrected chi connectivity index (χ1v) is 8.47. The van der Waals surface area contributed by atoms with Gasteiger partial charge in [-0.3, -0.25) is 10.1 Å². The van der Waals surface area contributed by atoms with Gasteiger partial charge in [0.2, 0.25) is 0 Å². The highest BCUT2D eigenvalue weighted by molar-refractivity contribution is 5.96. The lowest BCUT2D eigenvalue weighted by Gasteiger charge is -2.05. The highest BCUT2D eigenvalue weighted by Crippen LogP contribution is 2.32. The average Bonchev–Trinajstić information content (AvgIpc) is 3.16. The summed E-state index contributed by atoms with van der Waals surface area (Å²) in [6.45, 7) is 0. The van der Waals surface area contributed by atoms with Crippen molar-refractivity contribution in [3.63, 3.8) is 0 Å². The molecule has 4 rings (SSSR count). The molecule has 0 aliphatic rings. The van der Waals surface area contributed by atoms with Gasteiger partial charge < -0.3 is 9.72 Å². The molecule has 138 valence electrons. The molecule has 0 fully saturated rings. The second-order valence-electron chi connectivity index (χ2n) is 6.20. The minimum Gasteiger partial charge on any atom is -0.465 e. The number of ether oxygens (including phenoxy) is 1. The van der Waals surface area contributed by atoms with Gasteiger partial charge in [-0.1, -0.05) is 24.3 Å². The summed E-state index contributed by atoms with van der Waals surface area (Å²) in [5.41, 5.74) is 4.34. The van der Waals surface area contributed by atoms with Gasteiger partial charge in [0.05, 0.1) is 17.6 Å². The van der Waals surface area contributed by atoms with Gasteiger partial charge in [-0.15, -0.1) is 0 Å². The molecule has 7 nitrogen and oxygen atoms in total. The van der Waals surface area contributed by atoms with E-state index in [2.05, 4.69) is 9.97 Å². The van der Waals surface area contributed by atoms with Crippen LogP contribution < -0.4 is 0 Å². The largest absolute Gasteiger partial charge is 0.465 e. The first-order chi connectivity index (χ1) is 13.6. The van der Waals surface area contributed by atoms with Crippen LogP contribution in [0.2, 0.25) is 0 Å². The van der Waals surface area contributed by atoms with Crippen LogP contribution in [-0.2, 0) is 4.74 Å². The molecule has 1 N–H and O–H groups in total. The van der Waals surface area contributed by atoms with Gasteiger partial charge in [0, 0.05) is 41.0 Å². The van der Waals surface area contributed by atoms with E-state index in [0.717, 1.165) is 27.6 Å². The maximum absolute atomic E-state index is 11.8. The molecule has 0 unspecified atom stereocenters. The zero-order valence-electron chi connectivity index (χ0n) is 14.9. The Morgan fingerprint density at radius 2 is 1.86 bits per heavy atom. The maximum atomic E-state index is 11.8. The lowest BCUT2D eigenvalue weighted by atomic mass is 10.0. The number of pyridine rings is 1. The molecule has 0 amide bonds. The van der Waals surface area contributed by atoms with Gasteiger partial charge in [0.15, 0.2) is 0 Å². The third-order valence-electron chi connectivity index (χ3n) is 4.52. The van der Waals surface area contributed by atoms with Crippen molar-refractivity contribution in [3.05, 3.63) is 82.7 Å². The van der Waals surface area contributed by atoms with Crippen molar-refractivity contribution in [1.29, 1.82) is 0 Å². The van der Waals surface area contributed by atoms with Crippen molar-refractivity contribution in [1.82, 2.24) is 9.97 Å². The van der Waals surface area contributed by atoms with Crippen LogP contribution in [0.1, 0.15) is 10.4 Å². The molecule has 0 bridgehead atoms. The zero-order chi connectivity index (χ0) is 19.7. The van der Waals surface area contributed by atoms with Gasteiger partial charge in [0.1, 0.15) is 5.65 Å². The highest BCUT2D eigenvalue weighted by atomic mass is 16.6. The lowest BCUT2D eigenvalue weighted by molar-refractivity contribution is -0.384. The quantitative estimate of drug-likeness (QED) is 0.320. The number of nitro benzene ring substituents is 1. The number of rotatable bonds is 4. The Morgan fingerprint density at radius 1 is 1.07 bits per heavy atom. The van der Waals surface area contributed by atoms with Gasteiger partial charge in [0.25, 0.3) is 5.69 Å². The van der Waals surface area contributed by atoms with Crippen LogP contribution in [0, 0.1) is 10.1 Å². The third-order valence-corrected chi connectivity index (χ3v) is 4.52. The summed E-state index contributed by atoms with van der Waals surface area (Å²) >= 11 is 0. The van der Waals surface area contributed by atoms with Crippen LogP contribution in [0.3, 0.4) is 0 Å². The maximum Gasteiger partial charge on any atom is 0.337 e. The number of benzene rings is 2. The number of hydrogen-bond acceptors (Lipinski definition) is 5. The van der Waals surface area contributed by atoms with E-state index in [1.807, 2.05) is 18.2 Å². The number of aromatic nitrogens is 2. The van der Waals surface area contributed by atoms with E-state index in [-0.39, 0.29) is 5.69 Å². The van der Waals surface area contributed by atoms with Crippen LogP contribution >= 0.6 is 0 Å². The van der Waals surface area contributed by atoms with Crippen LogP contribution in [0.4, 0.5) is 5.69 Å². The number of hydrogen-bond donors (Lipinski definition) is 1. The Bertz CT molecular complexity index is 1210. The van der Waals surface area contributed by atoms with Crippen molar-refractivity contribution in [2.45, 2.75) is 0 Å². The summed E-state index contributed by atoms with van der Waals surface area (Å²) < 4.78 is 4.78. The lowest BCUT2D eigenvalue weighted by Crippen LogP contribution is -2.00. The number of carbonyl (C=O) groups is 1. The van der Waals surface area contributed by atoms with Gasteiger partial charge >= 0.3 is 5.97 Å². The third kappa shape index (κ3) is 3.09. The monoisotopic (exact) mass is 373 g/mol. The smallest absolute Gasteiger partial charge is 0.337 e. The zero-order valence-corrected chi connectivity index (χ0v) is 14.9. The van der Waals surface area contributed by atoms with Crippen molar-refractivity contribution in [2.75, 3.05) is 7.11 Å². The molecule has 0 saturated heterocycles. The first kappa shape index (κ1) is 17.4. The Labute approximate surface area is 159 Å². The Morgan fingerprint density at radius 3 is 2.64 bits per heavy atom. The summed E-state index contributed by atoms with van der Waals surface area (Å²) in [6, 6.07) is 15.5. The SMILES string of the molecule is COC(=O)c1cccc(-c2cnc3[nH]cc(-c4cccc([N+](=O)[O-])c4)c3c2)c1. The second kappa shape index (κ2) is 6.96. The summed E-state index contributed by atoms with van der Waals surface area (Å²) in [6.07, 6.45) is 3.50. The summed E-state index contributed by atoms with van der Waals surface area (Å²) in [4.78, 5) is 30.0. The van der Waals surface area contributed by atoms with Crippen molar-refractivity contribution >= 4 is 22.7 Å². The average molecular weight is 373 g/mol. The van der Waals surface area contributed by atoms with Crippen molar-refractivity contribution < 1.29 is 14.5 Å². The van der Waals surface area contributed by atoms with E-state index in [4.69, 9.17) is 4.74 Å². The second-order valence-corrected chi connectivity index (χ2v) is 6.20. The van der Waals surface area contributed by atoms with Crippen LogP contribution in [0.5, 0.6) is 0 Å². The standard InChI is InChI=1S/C21H15N3O4/c1-28-21(25)15-6-2-4-13(8-15)16-10-18-19(12-23-20(18)22-11-16)14-5-3-7-17(9-14)24(26)27/h2-12H,1H3,(H,22,23). The molecule has 0 radical (unpaired) electrons. The van der Waals surface area contributed by atoms with E-state index in [9.17, 15) is 14.9 Å². The number of carbonyl (C=O) groups excluding carboxylic acids is 1.